The van der Waals surface area contributed by atoms with Crippen LogP contribution in [0.25, 0.3) is 22.1 Å². The maximum atomic E-state index is 13.1. The molecule has 2 aromatic carbocycles. The van der Waals surface area contributed by atoms with Crippen LogP contribution in [0.5, 0.6) is 17.2 Å². The zero-order valence-corrected chi connectivity index (χ0v) is 18.8. The lowest BCUT2D eigenvalue weighted by Gasteiger charge is -2.39. The molecule has 1 fully saturated rings. The van der Waals surface area contributed by atoms with Crippen molar-refractivity contribution in [2.75, 3.05) is 13.7 Å². The predicted molar refractivity (Wildman–Crippen MR) is 120 cm³/mol. The minimum atomic E-state index is -1.65. The van der Waals surface area contributed by atoms with Gasteiger partial charge in [-0.15, -0.1) is 0 Å². The molecular formula is C24H24O11. The first-order valence-corrected chi connectivity index (χ1v) is 10.6. The van der Waals surface area contributed by atoms with Crippen LogP contribution in [0, 0.1) is 0 Å². The Morgan fingerprint density at radius 3 is 2.40 bits per heavy atom. The van der Waals surface area contributed by atoms with E-state index in [1.165, 1.54) is 44.6 Å². The highest BCUT2D eigenvalue weighted by molar-refractivity contribution is 5.84. The molecule has 186 valence electrons. The third-order valence-corrected chi connectivity index (χ3v) is 5.60. The van der Waals surface area contributed by atoms with Crippen molar-refractivity contribution in [2.24, 2.45) is 0 Å². The van der Waals surface area contributed by atoms with E-state index in [4.69, 9.17) is 23.4 Å². The lowest BCUT2D eigenvalue weighted by atomic mass is 9.99. The van der Waals surface area contributed by atoms with Gasteiger partial charge in [0.15, 0.2) is 11.5 Å². The summed E-state index contributed by atoms with van der Waals surface area (Å²) in [4.78, 5) is 24.2. The van der Waals surface area contributed by atoms with Crippen LogP contribution in [0.4, 0.5) is 0 Å². The van der Waals surface area contributed by atoms with Crippen molar-refractivity contribution in [3.05, 3.63) is 52.9 Å². The normalized spacial score (nSPS) is 24.2. The summed E-state index contributed by atoms with van der Waals surface area (Å²) in [5.41, 5.74) is 0.610. The molecule has 0 bridgehead atoms. The number of aromatic hydroxyl groups is 1. The molecule has 11 nitrogen and oxygen atoms in total. The molecular weight excluding hydrogens is 464 g/mol. The number of ether oxygens (including phenoxy) is 4. The number of carbonyl (C=O) groups is 1. The summed E-state index contributed by atoms with van der Waals surface area (Å²) < 4.78 is 27.1. The van der Waals surface area contributed by atoms with Gasteiger partial charge in [0.05, 0.1) is 18.1 Å². The Labute approximate surface area is 198 Å². The fourth-order valence-electron chi connectivity index (χ4n) is 3.71. The van der Waals surface area contributed by atoms with Crippen LogP contribution < -0.4 is 14.9 Å². The highest BCUT2D eigenvalue weighted by Gasteiger charge is 2.45. The molecule has 2 heterocycles. The Kier molecular flexibility index (Phi) is 6.94. The van der Waals surface area contributed by atoms with Gasteiger partial charge >= 0.3 is 5.97 Å². The number of phenols is 1. The fourth-order valence-corrected chi connectivity index (χ4v) is 3.71. The molecule has 1 aromatic heterocycles. The van der Waals surface area contributed by atoms with E-state index in [0.717, 1.165) is 0 Å². The highest BCUT2D eigenvalue weighted by atomic mass is 16.7. The Morgan fingerprint density at radius 2 is 1.74 bits per heavy atom. The Morgan fingerprint density at radius 1 is 1.03 bits per heavy atom. The maximum absolute atomic E-state index is 13.1. The molecule has 11 heteroatoms. The number of carbonyl (C=O) groups excluding carboxylic acids is 1. The molecule has 0 saturated carbocycles. The Bertz CT molecular complexity index is 1270. The van der Waals surface area contributed by atoms with Crippen LogP contribution in [-0.2, 0) is 14.3 Å². The van der Waals surface area contributed by atoms with Crippen LogP contribution in [0.1, 0.15) is 6.92 Å². The number of rotatable bonds is 6. The van der Waals surface area contributed by atoms with Gasteiger partial charge in [0.1, 0.15) is 48.6 Å². The number of esters is 1. The van der Waals surface area contributed by atoms with E-state index in [2.05, 4.69) is 0 Å². The van der Waals surface area contributed by atoms with Gasteiger partial charge in [-0.3, -0.25) is 9.59 Å². The number of hydrogen-bond acceptors (Lipinski definition) is 11. The van der Waals surface area contributed by atoms with Crippen molar-refractivity contribution in [3.8, 4) is 28.4 Å². The van der Waals surface area contributed by atoms with Gasteiger partial charge in [0.25, 0.3) is 0 Å². The monoisotopic (exact) mass is 488 g/mol. The van der Waals surface area contributed by atoms with E-state index >= 15 is 0 Å². The number of phenolic OH excluding ortho intramolecular Hbond substituents is 1. The van der Waals surface area contributed by atoms with Gasteiger partial charge in [0, 0.05) is 13.0 Å². The number of methoxy groups -OCH3 is 1. The first kappa shape index (κ1) is 24.5. The molecule has 1 aliphatic heterocycles. The van der Waals surface area contributed by atoms with Gasteiger partial charge < -0.3 is 43.8 Å². The Balaban J connectivity index is 1.66. The third kappa shape index (κ3) is 4.93. The second-order valence-electron chi connectivity index (χ2n) is 7.96. The Hall–Kier alpha value is -3.64. The molecule has 4 rings (SSSR count). The smallest absolute Gasteiger partial charge is 0.302 e. The molecule has 0 amide bonds. The standard InChI is InChI=1S/C24H24O11/c1-11(25)32-10-19-21(28)22(29)23(30)24(35-19)34-18-8-16-14(7-17(18)31-2)20(27)15(9-33-16)12-3-5-13(26)6-4-12/h3-9,19,21-24,26,28-30H,10H2,1-2H3/t19-,21-,22+,23-,24-/m1/s1. The van der Waals surface area contributed by atoms with Gasteiger partial charge in [-0.05, 0) is 23.8 Å². The molecule has 0 radical (unpaired) electrons. The van der Waals surface area contributed by atoms with Crippen LogP contribution in [0.2, 0.25) is 0 Å². The average Bonchev–Trinajstić information content (AvgIpc) is 2.84. The van der Waals surface area contributed by atoms with Crippen molar-refractivity contribution in [1.29, 1.82) is 0 Å². The third-order valence-electron chi connectivity index (χ3n) is 5.60. The summed E-state index contributed by atoms with van der Waals surface area (Å²) in [5, 5.41) is 40.4. The van der Waals surface area contributed by atoms with E-state index in [0.29, 0.717) is 5.56 Å². The van der Waals surface area contributed by atoms with Gasteiger partial charge in [-0.1, -0.05) is 12.1 Å². The lowest BCUT2D eigenvalue weighted by molar-refractivity contribution is -0.278. The molecule has 0 spiro atoms. The average molecular weight is 488 g/mol. The molecule has 0 unspecified atom stereocenters. The minimum absolute atomic E-state index is 0.0272. The van der Waals surface area contributed by atoms with Crippen LogP contribution >= 0.6 is 0 Å². The zero-order valence-electron chi connectivity index (χ0n) is 18.8. The van der Waals surface area contributed by atoms with Gasteiger partial charge in [-0.25, -0.2) is 0 Å². The van der Waals surface area contributed by atoms with Crippen molar-refractivity contribution in [3.63, 3.8) is 0 Å². The summed E-state index contributed by atoms with van der Waals surface area (Å²) in [5.74, 6) is -0.418. The number of fused-ring (bicyclic) bond motifs is 1. The summed E-state index contributed by atoms with van der Waals surface area (Å²) >= 11 is 0. The first-order valence-electron chi connectivity index (χ1n) is 10.6. The lowest BCUT2D eigenvalue weighted by Crippen LogP contribution is -2.60. The van der Waals surface area contributed by atoms with E-state index < -0.39 is 36.7 Å². The summed E-state index contributed by atoms with van der Waals surface area (Å²) in [6.45, 7) is 0.805. The number of aliphatic hydroxyl groups is 3. The summed E-state index contributed by atoms with van der Waals surface area (Å²) in [6.07, 6.45) is -6.19. The molecule has 1 aliphatic rings. The summed E-state index contributed by atoms with van der Waals surface area (Å²) in [7, 11) is 1.35. The predicted octanol–water partition coefficient (Wildman–Crippen LogP) is 0.924. The van der Waals surface area contributed by atoms with Gasteiger partial charge in [0.2, 0.25) is 11.7 Å². The van der Waals surface area contributed by atoms with Crippen molar-refractivity contribution < 1.29 is 48.6 Å². The van der Waals surface area contributed by atoms with Crippen LogP contribution in [0.3, 0.4) is 0 Å². The quantitative estimate of drug-likeness (QED) is 0.365. The molecule has 1 saturated heterocycles. The first-order chi connectivity index (χ1) is 16.7. The van der Waals surface area contributed by atoms with Crippen molar-refractivity contribution in [1.82, 2.24) is 0 Å². The van der Waals surface area contributed by atoms with Crippen molar-refractivity contribution in [2.45, 2.75) is 37.6 Å². The zero-order chi connectivity index (χ0) is 25.3. The van der Waals surface area contributed by atoms with E-state index in [9.17, 15) is 30.0 Å². The second kappa shape index (κ2) is 9.92. The molecule has 5 atom stereocenters. The fraction of sp³-hybridized carbons (Fsp3) is 0.333. The number of hydrogen-bond donors (Lipinski definition) is 4. The number of aliphatic hydroxyl groups excluding tert-OH is 3. The van der Waals surface area contributed by atoms with Crippen LogP contribution in [-0.4, -0.2) is 70.8 Å². The molecule has 35 heavy (non-hydrogen) atoms. The van der Waals surface area contributed by atoms with Crippen LogP contribution in [0.15, 0.2) is 51.9 Å². The van der Waals surface area contributed by atoms with E-state index in [1.54, 1.807) is 12.1 Å². The highest BCUT2D eigenvalue weighted by Crippen LogP contribution is 2.35. The number of benzene rings is 2. The molecule has 3 aromatic rings. The topological polar surface area (TPSA) is 165 Å². The van der Waals surface area contributed by atoms with E-state index in [-0.39, 0.29) is 45.8 Å². The maximum Gasteiger partial charge on any atom is 0.302 e. The largest absolute Gasteiger partial charge is 0.508 e. The molecule has 0 aliphatic carbocycles. The summed E-state index contributed by atoms with van der Waals surface area (Å²) in [6, 6.07) is 8.83. The second-order valence-corrected chi connectivity index (χ2v) is 7.96. The van der Waals surface area contributed by atoms with Gasteiger partial charge in [-0.2, -0.15) is 0 Å². The minimum Gasteiger partial charge on any atom is -0.508 e. The van der Waals surface area contributed by atoms with E-state index in [1.807, 2.05) is 0 Å². The molecule has 4 N–H and O–H groups in total. The SMILES string of the molecule is COc1cc2c(=O)c(-c3ccc(O)cc3)coc2cc1O[C@@H]1O[C@H](COC(C)=O)[C@@H](O)[C@H](O)[C@H]1O. The van der Waals surface area contributed by atoms with Crippen molar-refractivity contribution >= 4 is 16.9 Å².